The van der Waals surface area contributed by atoms with E-state index in [1.807, 2.05) is 0 Å². The zero-order valence-electron chi connectivity index (χ0n) is 17.9. The highest BCUT2D eigenvalue weighted by atomic mass is 16.7. The summed E-state index contributed by atoms with van der Waals surface area (Å²) in [5.41, 5.74) is 0.0637. The molecule has 1 fully saturated rings. The molecule has 0 amide bonds. The maximum absolute atomic E-state index is 11.8. The SMILES string of the molecule is CC(=O)OC[C@H]1O[C@@H](n2nnc(CO)c2CO)[C@H](OC(C)=O)[C@@H](OC(C)=O)[C@@H]1OC(C)=O. The van der Waals surface area contributed by atoms with Gasteiger partial charge in [0.25, 0.3) is 0 Å². The second-order valence-corrected chi connectivity index (χ2v) is 6.83. The number of hydrogen-bond donors (Lipinski definition) is 2. The van der Waals surface area contributed by atoms with Crippen molar-refractivity contribution in [2.24, 2.45) is 0 Å². The first-order valence-corrected chi connectivity index (χ1v) is 9.54. The Bertz CT molecular complexity index is 855. The molecule has 0 aromatic carbocycles. The van der Waals surface area contributed by atoms with Crippen molar-refractivity contribution >= 4 is 23.9 Å². The van der Waals surface area contributed by atoms with E-state index in [9.17, 15) is 29.4 Å². The molecule has 0 bridgehead atoms. The van der Waals surface area contributed by atoms with Crippen molar-refractivity contribution in [3.8, 4) is 0 Å². The lowest BCUT2D eigenvalue weighted by molar-refractivity contribution is -0.271. The third kappa shape index (κ3) is 5.99. The number of aromatic nitrogens is 3. The van der Waals surface area contributed by atoms with Gasteiger partial charge in [-0.2, -0.15) is 0 Å². The molecule has 0 unspecified atom stereocenters. The molecule has 0 aliphatic carbocycles. The molecule has 1 aliphatic heterocycles. The molecule has 1 aromatic heterocycles. The molecule has 32 heavy (non-hydrogen) atoms. The predicted octanol–water partition coefficient (Wildman–Crippen LogP) is -1.48. The summed E-state index contributed by atoms with van der Waals surface area (Å²) >= 11 is 0. The summed E-state index contributed by atoms with van der Waals surface area (Å²) in [5.74, 6) is -2.98. The van der Waals surface area contributed by atoms with Crippen molar-refractivity contribution in [3.05, 3.63) is 11.4 Å². The van der Waals surface area contributed by atoms with Crippen LogP contribution in [0.2, 0.25) is 0 Å². The average molecular weight is 459 g/mol. The van der Waals surface area contributed by atoms with E-state index in [2.05, 4.69) is 10.3 Å². The summed E-state index contributed by atoms with van der Waals surface area (Å²) in [6.07, 6.45) is -6.67. The molecule has 0 saturated carbocycles. The van der Waals surface area contributed by atoms with Crippen LogP contribution in [0.1, 0.15) is 45.3 Å². The summed E-state index contributed by atoms with van der Waals surface area (Å²) in [6.45, 7) is 2.87. The quantitative estimate of drug-likeness (QED) is 0.339. The molecule has 0 radical (unpaired) electrons. The number of aliphatic hydroxyl groups excluding tert-OH is 2. The molecule has 1 aliphatic rings. The Morgan fingerprint density at radius 3 is 1.94 bits per heavy atom. The van der Waals surface area contributed by atoms with Crippen LogP contribution in [0.15, 0.2) is 0 Å². The standard InChI is InChI=1S/C18H25N3O11/c1-8(24)28-7-14-15(29-9(2)25)16(30-10(3)26)17(31-11(4)27)18(32-14)21-13(6-23)12(5-22)19-20-21/h14-18,22-23H,5-7H2,1-4H3/t14-,15-,16+,17-,18-/m1/s1. The van der Waals surface area contributed by atoms with Crippen LogP contribution in [0.5, 0.6) is 0 Å². The van der Waals surface area contributed by atoms with Gasteiger partial charge in [-0.05, 0) is 0 Å². The highest BCUT2D eigenvalue weighted by Gasteiger charge is 2.53. The molecule has 1 aromatic rings. The van der Waals surface area contributed by atoms with E-state index in [0.717, 1.165) is 32.4 Å². The van der Waals surface area contributed by atoms with E-state index in [1.165, 1.54) is 0 Å². The number of ether oxygens (including phenoxy) is 5. The minimum Gasteiger partial charge on any atom is -0.463 e. The van der Waals surface area contributed by atoms with E-state index in [1.54, 1.807) is 0 Å². The van der Waals surface area contributed by atoms with Crippen molar-refractivity contribution in [3.63, 3.8) is 0 Å². The molecule has 2 N–H and O–H groups in total. The number of carbonyl (C=O) groups is 4. The van der Waals surface area contributed by atoms with Crippen LogP contribution in [0, 0.1) is 0 Å². The number of esters is 4. The molecule has 1 saturated heterocycles. The molecule has 2 heterocycles. The Morgan fingerprint density at radius 1 is 0.875 bits per heavy atom. The summed E-state index contributed by atoms with van der Waals surface area (Å²) in [4.78, 5) is 46.7. The maximum Gasteiger partial charge on any atom is 0.303 e. The van der Waals surface area contributed by atoms with Crippen molar-refractivity contribution in [1.82, 2.24) is 15.0 Å². The topological polar surface area (TPSA) is 186 Å². The Morgan fingerprint density at radius 2 is 1.44 bits per heavy atom. The monoisotopic (exact) mass is 459 g/mol. The first kappa shape index (κ1) is 25.2. The molecule has 14 nitrogen and oxygen atoms in total. The molecular formula is C18H25N3O11. The maximum atomic E-state index is 11.8. The second-order valence-electron chi connectivity index (χ2n) is 6.83. The van der Waals surface area contributed by atoms with Crippen LogP contribution >= 0.6 is 0 Å². The first-order chi connectivity index (χ1) is 15.1. The van der Waals surface area contributed by atoms with E-state index in [0.29, 0.717) is 0 Å². The van der Waals surface area contributed by atoms with Crippen LogP contribution in [-0.4, -0.2) is 80.1 Å². The highest BCUT2D eigenvalue weighted by Crippen LogP contribution is 2.35. The summed E-state index contributed by atoms with van der Waals surface area (Å²) < 4.78 is 27.9. The summed E-state index contributed by atoms with van der Waals surface area (Å²) in [5, 5.41) is 26.8. The third-order valence-electron chi connectivity index (χ3n) is 4.38. The van der Waals surface area contributed by atoms with Gasteiger partial charge in [-0.3, -0.25) is 19.2 Å². The van der Waals surface area contributed by atoms with Gasteiger partial charge in [0, 0.05) is 27.7 Å². The smallest absolute Gasteiger partial charge is 0.303 e. The van der Waals surface area contributed by atoms with Gasteiger partial charge < -0.3 is 33.9 Å². The van der Waals surface area contributed by atoms with E-state index in [4.69, 9.17) is 23.7 Å². The second kappa shape index (κ2) is 11.0. The molecule has 2 rings (SSSR count). The molecular weight excluding hydrogens is 434 g/mol. The Balaban J connectivity index is 2.60. The fraction of sp³-hybridized carbons (Fsp3) is 0.667. The fourth-order valence-corrected chi connectivity index (χ4v) is 3.24. The number of nitrogens with zero attached hydrogens (tertiary/aromatic N) is 3. The molecule has 178 valence electrons. The van der Waals surface area contributed by atoms with Crippen LogP contribution in [0.3, 0.4) is 0 Å². The van der Waals surface area contributed by atoms with Crippen LogP contribution in [0.25, 0.3) is 0 Å². The largest absolute Gasteiger partial charge is 0.463 e. The van der Waals surface area contributed by atoms with Gasteiger partial charge in [0.05, 0.1) is 18.9 Å². The number of hydrogen-bond acceptors (Lipinski definition) is 13. The lowest BCUT2D eigenvalue weighted by Crippen LogP contribution is -2.60. The van der Waals surface area contributed by atoms with Gasteiger partial charge in [0.1, 0.15) is 18.4 Å². The highest BCUT2D eigenvalue weighted by molar-refractivity contribution is 5.68. The predicted molar refractivity (Wildman–Crippen MR) is 99.1 cm³/mol. The Labute approximate surface area is 182 Å². The third-order valence-corrected chi connectivity index (χ3v) is 4.38. The van der Waals surface area contributed by atoms with Gasteiger partial charge in [0.15, 0.2) is 24.5 Å². The van der Waals surface area contributed by atoms with Crippen molar-refractivity contribution < 1.29 is 53.1 Å². The fourth-order valence-electron chi connectivity index (χ4n) is 3.24. The van der Waals surface area contributed by atoms with Crippen molar-refractivity contribution in [1.29, 1.82) is 0 Å². The minimum atomic E-state index is -1.41. The first-order valence-electron chi connectivity index (χ1n) is 9.54. The van der Waals surface area contributed by atoms with Crippen molar-refractivity contribution in [2.45, 2.75) is 71.6 Å². The Kier molecular flexibility index (Phi) is 8.63. The summed E-state index contributed by atoms with van der Waals surface area (Å²) in [6, 6.07) is 0. The normalized spacial score (nSPS) is 25.0. The van der Waals surface area contributed by atoms with Gasteiger partial charge in [0.2, 0.25) is 0 Å². The molecule has 5 atom stereocenters. The number of aliphatic hydroxyl groups is 2. The van der Waals surface area contributed by atoms with Gasteiger partial charge in [-0.15, -0.1) is 5.10 Å². The molecule has 14 heteroatoms. The number of rotatable bonds is 8. The van der Waals surface area contributed by atoms with Gasteiger partial charge in [-0.1, -0.05) is 5.21 Å². The van der Waals surface area contributed by atoms with E-state index >= 15 is 0 Å². The average Bonchev–Trinajstić information content (AvgIpc) is 3.11. The van der Waals surface area contributed by atoms with E-state index in [-0.39, 0.29) is 11.4 Å². The van der Waals surface area contributed by atoms with Gasteiger partial charge in [-0.25, -0.2) is 4.68 Å². The molecule has 0 spiro atoms. The zero-order valence-corrected chi connectivity index (χ0v) is 17.9. The van der Waals surface area contributed by atoms with Crippen LogP contribution in [-0.2, 0) is 56.1 Å². The van der Waals surface area contributed by atoms with Crippen LogP contribution < -0.4 is 0 Å². The van der Waals surface area contributed by atoms with E-state index < -0.39 is 74.3 Å². The zero-order chi connectivity index (χ0) is 24.0. The van der Waals surface area contributed by atoms with Crippen molar-refractivity contribution in [2.75, 3.05) is 6.61 Å². The van der Waals surface area contributed by atoms with Gasteiger partial charge >= 0.3 is 23.9 Å². The lowest BCUT2D eigenvalue weighted by Gasteiger charge is -2.44. The van der Waals surface area contributed by atoms with Crippen LogP contribution in [0.4, 0.5) is 0 Å². The summed E-state index contributed by atoms with van der Waals surface area (Å²) in [7, 11) is 0. The Hall–Kier alpha value is -3.10. The number of carbonyl (C=O) groups excluding carboxylic acids is 4. The minimum absolute atomic E-state index is 0.0281. The lowest BCUT2D eigenvalue weighted by atomic mass is 9.97.